The average molecular weight is 284 g/mol. The van der Waals surface area contributed by atoms with Crippen molar-refractivity contribution < 1.29 is 9.72 Å². The molecule has 0 N–H and O–H groups in total. The van der Waals surface area contributed by atoms with E-state index < -0.39 is 4.92 Å². The Morgan fingerprint density at radius 3 is 2.75 bits per heavy atom. The minimum atomic E-state index is -0.459. The molecule has 0 aromatic heterocycles. The number of hydrogen-bond acceptors (Lipinski definition) is 3. The first-order valence-electron chi connectivity index (χ1n) is 4.56. The molecule has 5 heteroatoms. The van der Waals surface area contributed by atoms with Crippen molar-refractivity contribution in [1.82, 2.24) is 0 Å². The van der Waals surface area contributed by atoms with Crippen LogP contribution in [-0.4, -0.2) is 16.0 Å². The van der Waals surface area contributed by atoms with Gasteiger partial charge in [0.15, 0.2) is 5.78 Å². The highest BCUT2D eigenvalue weighted by Gasteiger charge is 2.06. The molecule has 0 aliphatic carbocycles. The van der Waals surface area contributed by atoms with Crippen molar-refractivity contribution in [3.63, 3.8) is 0 Å². The van der Waals surface area contributed by atoms with Crippen LogP contribution in [0.3, 0.4) is 0 Å². The van der Waals surface area contributed by atoms with Crippen molar-refractivity contribution in [2.24, 2.45) is 0 Å². The lowest BCUT2D eigenvalue weighted by atomic mass is 10.1. The van der Waals surface area contributed by atoms with E-state index in [1.54, 1.807) is 18.2 Å². The van der Waals surface area contributed by atoms with Crippen LogP contribution >= 0.6 is 15.9 Å². The van der Waals surface area contributed by atoms with Crippen LogP contribution in [-0.2, 0) is 4.79 Å². The van der Waals surface area contributed by atoms with E-state index in [9.17, 15) is 14.9 Å². The number of alkyl halides is 1. The Hall–Kier alpha value is -1.49. The van der Waals surface area contributed by atoms with Crippen LogP contribution < -0.4 is 0 Å². The van der Waals surface area contributed by atoms with Gasteiger partial charge in [0.2, 0.25) is 0 Å². The lowest BCUT2D eigenvalue weighted by molar-refractivity contribution is -0.384. The van der Waals surface area contributed by atoms with E-state index in [0.717, 1.165) is 0 Å². The van der Waals surface area contributed by atoms with Crippen molar-refractivity contribution in [1.29, 1.82) is 0 Å². The monoisotopic (exact) mass is 283 g/mol. The molecule has 0 amide bonds. The molecule has 0 saturated heterocycles. The summed E-state index contributed by atoms with van der Waals surface area (Å²) in [5, 5.41) is 11.0. The molecular weight excluding hydrogens is 274 g/mol. The second-order valence-corrected chi connectivity index (χ2v) is 3.77. The minimum Gasteiger partial charge on any atom is -0.295 e. The van der Waals surface area contributed by atoms with Crippen molar-refractivity contribution >= 4 is 33.5 Å². The van der Waals surface area contributed by atoms with E-state index in [2.05, 4.69) is 15.9 Å². The molecule has 1 aromatic carbocycles. The van der Waals surface area contributed by atoms with Crippen LogP contribution in [0.2, 0.25) is 0 Å². The van der Waals surface area contributed by atoms with Crippen LogP contribution in [0, 0.1) is 10.1 Å². The van der Waals surface area contributed by atoms with E-state index in [1.165, 1.54) is 19.1 Å². The quantitative estimate of drug-likeness (QED) is 0.369. The predicted octanol–water partition coefficient (Wildman–Crippen LogP) is 2.96. The first-order chi connectivity index (χ1) is 7.54. The molecule has 1 rings (SSSR count). The van der Waals surface area contributed by atoms with Gasteiger partial charge in [0, 0.05) is 23.0 Å². The molecule has 0 bridgehead atoms. The highest BCUT2D eigenvalue weighted by molar-refractivity contribution is 9.09. The molecule has 0 unspecified atom stereocenters. The number of halogens is 1. The number of carbonyl (C=O) groups excluding carboxylic acids is 1. The Morgan fingerprint density at radius 1 is 1.56 bits per heavy atom. The van der Waals surface area contributed by atoms with Crippen LogP contribution in [0.5, 0.6) is 0 Å². The highest BCUT2D eigenvalue weighted by Crippen LogP contribution is 2.16. The maximum absolute atomic E-state index is 11.2. The number of carbonyl (C=O) groups is 1. The normalized spacial score (nSPS) is 11.2. The maximum Gasteiger partial charge on any atom is 0.270 e. The Balaban J connectivity index is 3.09. The summed E-state index contributed by atoms with van der Waals surface area (Å²) in [7, 11) is 0. The third kappa shape index (κ3) is 3.27. The van der Waals surface area contributed by atoms with Gasteiger partial charge in [-0.2, -0.15) is 0 Å². The molecule has 0 saturated carbocycles. The summed E-state index contributed by atoms with van der Waals surface area (Å²) in [5.74, 6) is -0.0524. The molecule has 0 radical (unpaired) electrons. The number of nitro benzene ring substituents is 1. The van der Waals surface area contributed by atoms with Gasteiger partial charge in [-0.15, -0.1) is 0 Å². The summed E-state index contributed by atoms with van der Waals surface area (Å²) < 4.78 is 0. The largest absolute Gasteiger partial charge is 0.295 e. The van der Waals surface area contributed by atoms with Gasteiger partial charge in [0.1, 0.15) is 0 Å². The number of nitro groups is 1. The number of non-ortho nitro benzene ring substituents is 1. The number of ketones is 1. The van der Waals surface area contributed by atoms with E-state index in [0.29, 0.717) is 16.5 Å². The summed E-state index contributed by atoms with van der Waals surface area (Å²) in [4.78, 5) is 21.3. The zero-order valence-electron chi connectivity index (χ0n) is 8.64. The maximum atomic E-state index is 11.2. The second kappa shape index (κ2) is 5.55. The molecular formula is C11H10BrNO3. The molecule has 0 heterocycles. The fourth-order valence-electron chi connectivity index (χ4n) is 1.16. The third-order valence-electron chi connectivity index (χ3n) is 2.02. The smallest absolute Gasteiger partial charge is 0.270 e. The van der Waals surface area contributed by atoms with Crippen molar-refractivity contribution in [3.05, 3.63) is 45.5 Å². The van der Waals surface area contributed by atoms with Crippen LogP contribution in [0.4, 0.5) is 5.69 Å². The molecule has 0 aliphatic heterocycles. The standard InChI is InChI=1S/C11H10BrNO3/c1-8(14)10(7-12)5-9-3-2-4-11(6-9)13(15)16/h2-6H,7H2,1H3/b10-5+. The zero-order chi connectivity index (χ0) is 12.1. The molecule has 84 valence electrons. The number of Topliss-reactive ketones (excluding diaryl/α,β-unsaturated/α-hetero) is 1. The summed E-state index contributed by atoms with van der Waals surface area (Å²) >= 11 is 3.20. The third-order valence-corrected chi connectivity index (χ3v) is 2.62. The topological polar surface area (TPSA) is 60.2 Å². The molecule has 0 atom stereocenters. The number of nitrogens with zero attached hydrogens (tertiary/aromatic N) is 1. The first-order valence-corrected chi connectivity index (χ1v) is 5.68. The Kier molecular flexibility index (Phi) is 4.37. The van der Waals surface area contributed by atoms with Gasteiger partial charge in [-0.1, -0.05) is 28.1 Å². The molecule has 16 heavy (non-hydrogen) atoms. The second-order valence-electron chi connectivity index (χ2n) is 3.21. The van der Waals surface area contributed by atoms with Crippen LogP contribution in [0.15, 0.2) is 29.8 Å². The number of hydrogen-bond donors (Lipinski definition) is 0. The van der Waals surface area contributed by atoms with E-state index in [-0.39, 0.29) is 11.5 Å². The lowest BCUT2D eigenvalue weighted by Crippen LogP contribution is -1.97. The summed E-state index contributed by atoms with van der Waals surface area (Å²) in [6, 6.07) is 6.17. The zero-order valence-corrected chi connectivity index (χ0v) is 10.2. The van der Waals surface area contributed by atoms with Gasteiger partial charge < -0.3 is 0 Å². The molecule has 4 nitrogen and oxygen atoms in total. The van der Waals surface area contributed by atoms with Gasteiger partial charge in [-0.25, -0.2) is 0 Å². The molecule has 0 fully saturated rings. The summed E-state index contributed by atoms with van der Waals surface area (Å²) in [6.07, 6.45) is 1.64. The Morgan fingerprint density at radius 2 is 2.25 bits per heavy atom. The highest BCUT2D eigenvalue weighted by atomic mass is 79.9. The Labute approximate surface area is 101 Å². The van der Waals surface area contributed by atoms with E-state index in [4.69, 9.17) is 0 Å². The fourth-order valence-corrected chi connectivity index (χ4v) is 1.72. The van der Waals surface area contributed by atoms with E-state index >= 15 is 0 Å². The van der Waals surface area contributed by atoms with Gasteiger partial charge in [0.25, 0.3) is 5.69 Å². The van der Waals surface area contributed by atoms with E-state index in [1.807, 2.05) is 0 Å². The molecule has 1 aromatic rings. The van der Waals surface area contributed by atoms with Crippen molar-refractivity contribution in [2.45, 2.75) is 6.92 Å². The van der Waals surface area contributed by atoms with Gasteiger partial charge in [-0.05, 0) is 18.6 Å². The van der Waals surface area contributed by atoms with Crippen molar-refractivity contribution in [3.8, 4) is 0 Å². The van der Waals surface area contributed by atoms with Gasteiger partial charge in [0.05, 0.1) is 4.92 Å². The molecule has 0 aliphatic rings. The van der Waals surface area contributed by atoms with Gasteiger partial charge in [-0.3, -0.25) is 14.9 Å². The minimum absolute atomic E-state index is 0.0197. The first kappa shape index (κ1) is 12.6. The molecule has 0 spiro atoms. The SMILES string of the molecule is CC(=O)/C(=C/c1cccc([N+](=O)[O-])c1)CBr. The summed E-state index contributed by atoms with van der Waals surface area (Å²) in [6.45, 7) is 1.46. The van der Waals surface area contributed by atoms with Crippen molar-refractivity contribution in [2.75, 3.05) is 5.33 Å². The van der Waals surface area contributed by atoms with Gasteiger partial charge >= 0.3 is 0 Å². The fraction of sp³-hybridized carbons (Fsp3) is 0.182. The average Bonchev–Trinajstić information content (AvgIpc) is 2.25. The lowest BCUT2D eigenvalue weighted by Gasteiger charge is -1.99. The summed E-state index contributed by atoms with van der Waals surface area (Å²) in [5.41, 5.74) is 1.26. The number of allylic oxidation sites excluding steroid dienone is 1. The Bertz CT molecular complexity index is 454. The number of rotatable bonds is 4. The predicted molar refractivity (Wildman–Crippen MR) is 65.5 cm³/mol. The van der Waals surface area contributed by atoms with Crippen LogP contribution in [0.25, 0.3) is 6.08 Å². The van der Waals surface area contributed by atoms with Crippen LogP contribution in [0.1, 0.15) is 12.5 Å². The number of benzene rings is 1.